The largest absolute Gasteiger partial charge is 0.456 e. The van der Waals surface area contributed by atoms with Gasteiger partial charge in [0.15, 0.2) is 0 Å². The number of aryl methyl sites for hydroxylation is 1. The molecular weight excluding hydrogens is 246 g/mol. The summed E-state index contributed by atoms with van der Waals surface area (Å²) in [5.74, 6) is 0.691. The molecule has 0 spiro atoms. The van der Waals surface area contributed by atoms with Gasteiger partial charge in [0.1, 0.15) is 11.2 Å². The second kappa shape index (κ2) is 5.68. The monoisotopic (exact) mass is 267 g/mol. The van der Waals surface area contributed by atoms with E-state index in [1.54, 1.807) is 0 Å². The molecule has 0 aliphatic heterocycles. The Kier molecular flexibility index (Phi) is 3.75. The Hall–Kier alpha value is -1.80. The van der Waals surface area contributed by atoms with Crippen LogP contribution < -0.4 is 5.73 Å². The number of nitrogens with two attached hydrogens (primary N) is 1. The lowest BCUT2D eigenvalue weighted by Gasteiger charge is -2.09. The number of rotatable bonds is 5. The number of furan rings is 1. The molecule has 0 bridgehead atoms. The Morgan fingerprint density at radius 2 is 1.80 bits per heavy atom. The van der Waals surface area contributed by atoms with Crippen molar-refractivity contribution < 1.29 is 4.42 Å². The first kappa shape index (κ1) is 13.2. The number of para-hydroxylation sites is 1. The third-order valence-electron chi connectivity index (χ3n) is 4.03. The molecular formula is C18H21NO. The molecule has 0 aliphatic rings. The van der Waals surface area contributed by atoms with Gasteiger partial charge in [-0.1, -0.05) is 31.2 Å². The molecule has 2 heteroatoms. The van der Waals surface area contributed by atoms with Crippen LogP contribution in [0.25, 0.3) is 21.9 Å². The van der Waals surface area contributed by atoms with Gasteiger partial charge in [-0.2, -0.15) is 0 Å². The SMILES string of the molecule is CC(CCN)CCc1ccc2oc3ccccc3c2c1. The molecule has 1 atom stereocenters. The summed E-state index contributed by atoms with van der Waals surface area (Å²) < 4.78 is 5.86. The molecule has 104 valence electrons. The van der Waals surface area contributed by atoms with E-state index in [1.165, 1.54) is 22.8 Å². The van der Waals surface area contributed by atoms with Crippen LogP contribution in [0, 0.1) is 5.92 Å². The highest BCUT2D eigenvalue weighted by Crippen LogP contribution is 2.29. The molecule has 20 heavy (non-hydrogen) atoms. The van der Waals surface area contributed by atoms with E-state index in [1.807, 2.05) is 12.1 Å². The van der Waals surface area contributed by atoms with Gasteiger partial charge in [0.25, 0.3) is 0 Å². The topological polar surface area (TPSA) is 39.2 Å². The van der Waals surface area contributed by atoms with Gasteiger partial charge < -0.3 is 10.2 Å². The van der Waals surface area contributed by atoms with Crippen molar-refractivity contribution in [3.63, 3.8) is 0 Å². The van der Waals surface area contributed by atoms with Crippen LogP contribution in [-0.4, -0.2) is 6.54 Å². The fourth-order valence-electron chi connectivity index (χ4n) is 2.77. The molecule has 1 heterocycles. The minimum absolute atomic E-state index is 0.691. The molecule has 1 unspecified atom stereocenters. The van der Waals surface area contributed by atoms with Crippen LogP contribution >= 0.6 is 0 Å². The molecule has 0 saturated carbocycles. The van der Waals surface area contributed by atoms with Gasteiger partial charge in [-0.25, -0.2) is 0 Å². The van der Waals surface area contributed by atoms with E-state index >= 15 is 0 Å². The minimum atomic E-state index is 0.691. The molecule has 2 aromatic carbocycles. The quantitative estimate of drug-likeness (QED) is 0.739. The molecule has 3 aromatic rings. The average Bonchev–Trinajstić information content (AvgIpc) is 2.83. The normalized spacial score (nSPS) is 13.1. The standard InChI is InChI=1S/C18H21NO/c1-13(10-11-19)6-7-14-8-9-18-16(12-14)15-4-2-3-5-17(15)20-18/h2-5,8-9,12-13H,6-7,10-11,19H2,1H3. The molecule has 0 amide bonds. The van der Waals surface area contributed by atoms with E-state index in [4.69, 9.17) is 10.2 Å². The van der Waals surface area contributed by atoms with Crippen LogP contribution in [-0.2, 0) is 6.42 Å². The summed E-state index contributed by atoms with van der Waals surface area (Å²) in [4.78, 5) is 0. The van der Waals surface area contributed by atoms with Crippen molar-refractivity contribution in [1.29, 1.82) is 0 Å². The third-order valence-corrected chi connectivity index (χ3v) is 4.03. The smallest absolute Gasteiger partial charge is 0.135 e. The summed E-state index contributed by atoms with van der Waals surface area (Å²) in [6.45, 7) is 3.06. The highest BCUT2D eigenvalue weighted by Gasteiger charge is 2.07. The molecule has 0 saturated heterocycles. The first-order valence-corrected chi connectivity index (χ1v) is 7.38. The molecule has 2 N–H and O–H groups in total. The summed E-state index contributed by atoms with van der Waals surface area (Å²) in [6, 6.07) is 14.8. The molecule has 1 aromatic heterocycles. The highest BCUT2D eigenvalue weighted by molar-refractivity contribution is 6.04. The highest BCUT2D eigenvalue weighted by atomic mass is 16.3. The maximum absolute atomic E-state index is 5.86. The first-order chi connectivity index (χ1) is 9.78. The lowest BCUT2D eigenvalue weighted by atomic mass is 9.97. The van der Waals surface area contributed by atoms with E-state index < -0.39 is 0 Å². The predicted molar refractivity (Wildman–Crippen MR) is 84.9 cm³/mol. The maximum atomic E-state index is 5.86. The van der Waals surface area contributed by atoms with E-state index in [0.29, 0.717) is 5.92 Å². The van der Waals surface area contributed by atoms with Gasteiger partial charge in [-0.05, 0) is 55.5 Å². The Bertz CT molecular complexity index is 714. The van der Waals surface area contributed by atoms with Crippen LogP contribution in [0.5, 0.6) is 0 Å². The zero-order valence-corrected chi connectivity index (χ0v) is 11.9. The number of fused-ring (bicyclic) bond motifs is 3. The number of hydrogen-bond donors (Lipinski definition) is 1. The maximum Gasteiger partial charge on any atom is 0.135 e. The van der Waals surface area contributed by atoms with Gasteiger partial charge >= 0.3 is 0 Å². The van der Waals surface area contributed by atoms with E-state index in [-0.39, 0.29) is 0 Å². The van der Waals surface area contributed by atoms with Crippen molar-refractivity contribution in [2.24, 2.45) is 11.7 Å². The Morgan fingerprint density at radius 1 is 1.00 bits per heavy atom. The lowest BCUT2D eigenvalue weighted by Crippen LogP contribution is -2.06. The molecule has 2 nitrogen and oxygen atoms in total. The van der Waals surface area contributed by atoms with Gasteiger partial charge in [-0.3, -0.25) is 0 Å². The van der Waals surface area contributed by atoms with Crippen molar-refractivity contribution in [2.75, 3.05) is 6.54 Å². The summed E-state index contributed by atoms with van der Waals surface area (Å²) in [5, 5.41) is 2.43. The van der Waals surface area contributed by atoms with E-state index in [2.05, 4.69) is 37.3 Å². The Balaban J connectivity index is 1.88. The number of hydrogen-bond acceptors (Lipinski definition) is 2. The average molecular weight is 267 g/mol. The lowest BCUT2D eigenvalue weighted by molar-refractivity contribution is 0.500. The summed E-state index contributed by atoms with van der Waals surface area (Å²) in [5.41, 5.74) is 8.94. The fraction of sp³-hybridized carbons (Fsp3) is 0.333. The summed E-state index contributed by atoms with van der Waals surface area (Å²) >= 11 is 0. The van der Waals surface area contributed by atoms with Crippen molar-refractivity contribution >= 4 is 21.9 Å². The molecule has 3 rings (SSSR count). The predicted octanol–water partition coefficient (Wildman–Crippen LogP) is 4.50. The summed E-state index contributed by atoms with van der Waals surface area (Å²) in [7, 11) is 0. The summed E-state index contributed by atoms with van der Waals surface area (Å²) in [6.07, 6.45) is 3.41. The van der Waals surface area contributed by atoms with E-state index in [0.717, 1.165) is 30.6 Å². The van der Waals surface area contributed by atoms with Crippen LogP contribution in [0.2, 0.25) is 0 Å². The molecule has 0 aliphatic carbocycles. The Labute approximate surface area is 119 Å². The molecule has 0 fully saturated rings. The third kappa shape index (κ3) is 2.56. The Morgan fingerprint density at radius 3 is 2.65 bits per heavy atom. The fourth-order valence-corrected chi connectivity index (χ4v) is 2.77. The van der Waals surface area contributed by atoms with E-state index in [9.17, 15) is 0 Å². The van der Waals surface area contributed by atoms with Crippen molar-refractivity contribution in [2.45, 2.75) is 26.2 Å². The van der Waals surface area contributed by atoms with Gasteiger partial charge in [0, 0.05) is 10.8 Å². The van der Waals surface area contributed by atoms with Gasteiger partial charge in [0.05, 0.1) is 0 Å². The second-order valence-corrected chi connectivity index (χ2v) is 5.65. The van der Waals surface area contributed by atoms with Gasteiger partial charge in [-0.15, -0.1) is 0 Å². The van der Waals surface area contributed by atoms with Crippen molar-refractivity contribution in [3.8, 4) is 0 Å². The van der Waals surface area contributed by atoms with Gasteiger partial charge in [0.2, 0.25) is 0 Å². The minimum Gasteiger partial charge on any atom is -0.456 e. The second-order valence-electron chi connectivity index (χ2n) is 5.65. The van der Waals surface area contributed by atoms with Crippen LogP contribution in [0.15, 0.2) is 46.9 Å². The van der Waals surface area contributed by atoms with Crippen LogP contribution in [0.4, 0.5) is 0 Å². The number of benzene rings is 2. The van der Waals surface area contributed by atoms with Crippen LogP contribution in [0.3, 0.4) is 0 Å². The molecule has 0 radical (unpaired) electrons. The zero-order chi connectivity index (χ0) is 13.9. The van der Waals surface area contributed by atoms with Crippen LogP contribution in [0.1, 0.15) is 25.3 Å². The van der Waals surface area contributed by atoms with Crippen molar-refractivity contribution in [3.05, 3.63) is 48.0 Å². The first-order valence-electron chi connectivity index (χ1n) is 7.38. The van der Waals surface area contributed by atoms with Crippen molar-refractivity contribution in [1.82, 2.24) is 0 Å². The zero-order valence-electron chi connectivity index (χ0n) is 11.9.